The molecule has 2 aliphatic rings. The van der Waals surface area contributed by atoms with E-state index in [-0.39, 0.29) is 12.3 Å². The van der Waals surface area contributed by atoms with Gasteiger partial charge in [0.2, 0.25) is 5.91 Å². The van der Waals surface area contributed by atoms with Gasteiger partial charge in [0.1, 0.15) is 0 Å². The van der Waals surface area contributed by atoms with Gasteiger partial charge in [-0.25, -0.2) is 0 Å². The molecule has 1 aromatic rings. The van der Waals surface area contributed by atoms with Crippen LogP contribution in [0.1, 0.15) is 37.7 Å². The van der Waals surface area contributed by atoms with Crippen LogP contribution in [0.15, 0.2) is 30.3 Å². The number of nitriles is 3. The van der Waals surface area contributed by atoms with E-state index in [1.165, 1.54) is 0 Å². The molecule has 1 saturated heterocycles. The predicted molar refractivity (Wildman–Crippen MR) is 89.0 cm³/mol. The van der Waals surface area contributed by atoms with Crippen molar-refractivity contribution in [3.8, 4) is 18.2 Å². The number of benzene rings is 1. The number of hydrogen-bond acceptors (Lipinski definition) is 5. The van der Waals surface area contributed by atoms with Crippen LogP contribution in [0.3, 0.4) is 0 Å². The molecule has 6 nitrogen and oxygen atoms in total. The maximum absolute atomic E-state index is 12.8. The van der Waals surface area contributed by atoms with Crippen LogP contribution in [0, 0.1) is 50.7 Å². The van der Waals surface area contributed by atoms with Crippen molar-refractivity contribution in [2.45, 2.75) is 37.8 Å². The first-order valence-electron chi connectivity index (χ1n) is 8.35. The number of nitrogens with two attached hydrogens (primary N) is 1. The first-order valence-corrected chi connectivity index (χ1v) is 8.35. The first kappa shape index (κ1) is 17.0. The Hall–Kier alpha value is -2.88. The SMILES string of the molecule is CCC[C@@H]1[C@@H](c2ccccc2)C(C#N)(C#N)[C@]2(C#N)C[C@@]1(N)NC2=O. The molecule has 1 saturated carbocycles. The van der Waals surface area contributed by atoms with Crippen molar-refractivity contribution < 1.29 is 4.79 Å². The van der Waals surface area contributed by atoms with E-state index < -0.39 is 28.3 Å². The van der Waals surface area contributed by atoms with Crippen LogP contribution in [-0.2, 0) is 4.79 Å². The highest BCUT2D eigenvalue weighted by Gasteiger charge is 2.76. The highest BCUT2D eigenvalue weighted by Crippen LogP contribution is 2.64. The predicted octanol–water partition coefficient (Wildman–Crippen LogP) is 1.92. The minimum atomic E-state index is -1.79. The van der Waals surface area contributed by atoms with Crippen LogP contribution in [0.5, 0.6) is 0 Å². The van der Waals surface area contributed by atoms with Crippen LogP contribution in [0.25, 0.3) is 0 Å². The molecular formula is C19H19N5O. The molecule has 1 heterocycles. The van der Waals surface area contributed by atoms with Crippen molar-refractivity contribution in [2.24, 2.45) is 22.5 Å². The summed E-state index contributed by atoms with van der Waals surface area (Å²) in [6.45, 7) is 1.99. The summed E-state index contributed by atoms with van der Waals surface area (Å²) in [5.41, 5.74) is 2.65. The zero-order chi connectivity index (χ0) is 18.3. The van der Waals surface area contributed by atoms with E-state index in [9.17, 15) is 20.6 Å². The molecule has 1 aliphatic heterocycles. The monoisotopic (exact) mass is 333 g/mol. The van der Waals surface area contributed by atoms with Gasteiger partial charge < -0.3 is 11.1 Å². The number of nitrogens with one attached hydrogen (secondary N) is 1. The Balaban J connectivity index is 2.35. The normalized spacial score (nSPS) is 35.1. The van der Waals surface area contributed by atoms with E-state index in [1.807, 2.05) is 43.3 Å². The molecule has 0 spiro atoms. The van der Waals surface area contributed by atoms with Crippen molar-refractivity contribution in [1.82, 2.24) is 5.32 Å². The fourth-order valence-electron chi connectivity index (χ4n) is 4.70. The quantitative estimate of drug-likeness (QED) is 0.873. The summed E-state index contributed by atoms with van der Waals surface area (Å²) in [5.74, 6) is -1.55. The van der Waals surface area contributed by atoms with Gasteiger partial charge in [-0.1, -0.05) is 43.7 Å². The molecule has 0 unspecified atom stereocenters. The zero-order valence-electron chi connectivity index (χ0n) is 14.0. The maximum atomic E-state index is 12.8. The third-order valence-electron chi connectivity index (χ3n) is 5.80. The lowest BCUT2D eigenvalue weighted by atomic mass is 9.47. The number of rotatable bonds is 3. The van der Waals surface area contributed by atoms with Gasteiger partial charge in [0.05, 0.1) is 23.9 Å². The maximum Gasteiger partial charge on any atom is 0.244 e. The minimum Gasteiger partial charge on any atom is -0.336 e. The molecule has 0 radical (unpaired) electrons. The molecule has 1 aliphatic carbocycles. The Morgan fingerprint density at radius 1 is 1.20 bits per heavy atom. The van der Waals surface area contributed by atoms with Crippen molar-refractivity contribution in [2.75, 3.05) is 0 Å². The van der Waals surface area contributed by atoms with Crippen molar-refractivity contribution in [3.05, 3.63) is 35.9 Å². The molecule has 2 bridgehead atoms. The number of hydrogen-bond donors (Lipinski definition) is 2. The van der Waals surface area contributed by atoms with Gasteiger partial charge >= 0.3 is 0 Å². The summed E-state index contributed by atoms with van der Waals surface area (Å²) < 4.78 is 0. The second-order valence-corrected chi connectivity index (χ2v) is 7.00. The largest absolute Gasteiger partial charge is 0.336 e. The summed E-state index contributed by atoms with van der Waals surface area (Å²) >= 11 is 0. The van der Waals surface area contributed by atoms with E-state index in [4.69, 9.17) is 5.73 Å². The summed E-state index contributed by atoms with van der Waals surface area (Å²) in [5, 5.41) is 32.7. The van der Waals surface area contributed by atoms with Gasteiger partial charge in [0.15, 0.2) is 10.8 Å². The van der Waals surface area contributed by atoms with Crippen LogP contribution >= 0.6 is 0 Å². The van der Waals surface area contributed by atoms with E-state index in [2.05, 4.69) is 17.5 Å². The molecule has 126 valence electrons. The average molecular weight is 333 g/mol. The lowest BCUT2D eigenvalue weighted by Crippen LogP contribution is -2.62. The molecule has 4 atom stereocenters. The van der Waals surface area contributed by atoms with E-state index in [0.717, 1.165) is 12.0 Å². The highest BCUT2D eigenvalue weighted by atomic mass is 16.2. The van der Waals surface area contributed by atoms with Crippen molar-refractivity contribution in [3.63, 3.8) is 0 Å². The second kappa shape index (κ2) is 5.59. The standard InChI is InChI=1S/C19H19N5O/c1-2-6-14-15(13-7-4-3-5-8-13)18(11-21,12-22)17(10-20)9-19(14,23)24-16(17)25/h3-5,7-8,14-15H,2,6,9,23H2,1H3,(H,24,25)/t14-,15-,17+,19-/m1/s1. The molecule has 0 aromatic heterocycles. The summed E-state index contributed by atoms with van der Waals surface area (Å²) in [7, 11) is 0. The number of nitrogens with zero attached hydrogens (tertiary/aromatic N) is 3. The second-order valence-electron chi connectivity index (χ2n) is 7.00. The van der Waals surface area contributed by atoms with Gasteiger partial charge in [-0.3, -0.25) is 4.79 Å². The number of carbonyl (C=O) groups is 1. The Morgan fingerprint density at radius 2 is 1.84 bits per heavy atom. The lowest BCUT2D eigenvalue weighted by molar-refractivity contribution is -0.128. The van der Waals surface area contributed by atoms with Gasteiger partial charge in [0.25, 0.3) is 0 Å². The molecule has 25 heavy (non-hydrogen) atoms. The average Bonchev–Trinajstić information content (AvgIpc) is 2.88. The third kappa shape index (κ3) is 1.94. The topological polar surface area (TPSA) is 126 Å². The van der Waals surface area contributed by atoms with Crippen LogP contribution < -0.4 is 11.1 Å². The Bertz CT molecular complexity index is 816. The Morgan fingerprint density at radius 3 is 2.36 bits per heavy atom. The van der Waals surface area contributed by atoms with Crippen molar-refractivity contribution in [1.29, 1.82) is 15.8 Å². The Kier molecular flexibility index (Phi) is 3.79. The minimum absolute atomic E-state index is 0.0234. The third-order valence-corrected chi connectivity index (χ3v) is 5.80. The number of carbonyl (C=O) groups excluding carboxylic acids is 1. The molecule has 1 aromatic carbocycles. The molecule has 3 N–H and O–H groups in total. The number of fused-ring (bicyclic) bond motifs is 2. The first-order chi connectivity index (χ1) is 11.9. The summed E-state index contributed by atoms with van der Waals surface area (Å²) in [4.78, 5) is 12.8. The van der Waals surface area contributed by atoms with Gasteiger partial charge in [-0.05, 0) is 12.0 Å². The zero-order valence-corrected chi connectivity index (χ0v) is 14.0. The van der Waals surface area contributed by atoms with Gasteiger partial charge in [-0.15, -0.1) is 0 Å². The van der Waals surface area contributed by atoms with E-state index >= 15 is 0 Å². The van der Waals surface area contributed by atoms with Crippen LogP contribution in [0.4, 0.5) is 0 Å². The molecule has 2 fully saturated rings. The van der Waals surface area contributed by atoms with Crippen molar-refractivity contribution >= 4 is 5.91 Å². The molecule has 1 amide bonds. The fourth-order valence-corrected chi connectivity index (χ4v) is 4.70. The fraction of sp³-hybridized carbons (Fsp3) is 0.474. The smallest absolute Gasteiger partial charge is 0.244 e. The Labute approximate surface area is 146 Å². The van der Waals surface area contributed by atoms with Crippen LogP contribution in [0.2, 0.25) is 0 Å². The summed E-state index contributed by atoms with van der Waals surface area (Å²) in [6, 6.07) is 15.3. The van der Waals surface area contributed by atoms with E-state index in [0.29, 0.717) is 6.42 Å². The molecule has 3 rings (SSSR count). The molecular weight excluding hydrogens is 314 g/mol. The van der Waals surface area contributed by atoms with Gasteiger partial charge in [0, 0.05) is 18.3 Å². The summed E-state index contributed by atoms with van der Waals surface area (Å²) in [6.07, 6.45) is 1.41. The molecule has 6 heteroatoms. The van der Waals surface area contributed by atoms with Gasteiger partial charge in [-0.2, -0.15) is 15.8 Å². The highest BCUT2D eigenvalue weighted by molar-refractivity contribution is 5.92. The lowest BCUT2D eigenvalue weighted by Gasteiger charge is -2.50. The van der Waals surface area contributed by atoms with Crippen LogP contribution in [-0.4, -0.2) is 11.6 Å². The van der Waals surface area contributed by atoms with E-state index in [1.54, 1.807) is 0 Å². The number of amides is 1.